The summed E-state index contributed by atoms with van der Waals surface area (Å²) < 4.78 is 11.6. The van der Waals surface area contributed by atoms with Gasteiger partial charge in [-0.25, -0.2) is 0 Å². The Morgan fingerprint density at radius 1 is 0.452 bits per heavy atom. The Hall–Kier alpha value is -0.340. The molecule has 2 unspecified atom stereocenters. The van der Waals surface area contributed by atoms with Crippen molar-refractivity contribution in [2.45, 2.75) is 138 Å². The molecule has 2 aliphatic carbocycles. The van der Waals surface area contributed by atoms with Gasteiger partial charge in [-0.3, -0.25) is 0 Å². The number of unbranched alkanes of at least 4 members (excludes halogenated alkanes) is 4. The molecule has 0 fully saturated rings. The zero-order valence-electron chi connectivity index (χ0n) is 28.2. The molecule has 0 amide bonds. The fourth-order valence-corrected chi connectivity index (χ4v) is 83.1. The first-order valence-corrected chi connectivity index (χ1v) is 37.5. The molecule has 2 aromatic rings. The third-order valence-corrected chi connectivity index (χ3v) is 59.8. The van der Waals surface area contributed by atoms with Gasteiger partial charge in [-0.2, -0.15) is 0 Å². The Kier molecular flexibility index (Phi) is 13.8. The molecule has 0 aromatic heterocycles. The van der Waals surface area contributed by atoms with Crippen molar-refractivity contribution in [1.82, 2.24) is 0 Å². The van der Waals surface area contributed by atoms with Crippen molar-refractivity contribution < 1.29 is 39.9 Å². The molecule has 0 heterocycles. The van der Waals surface area contributed by atoms with Gasteiger partial charge in [0.1, 0.15) is 0 Å². The summed E-state index contributed by atoms with van der Waals surface area (Å²) in [6.45, 7) is 14.7. The van der Waals surface area contributed by atoms with Crippen LogP contribution in [0.5, 0.6) is 0 Å². The van der Waals surface area contributed by atoms with Crippen molar-refractivity contribution in [1.29, 1.82) is 0 Å². The van der Waals surface area contributed by atoms with E-state index in [0.29, 0.717) is 0 Å². The number of allylic oxidation sites excluding steroid dienone is 2. The fraction of sp³-hybridized carbons (Fsp3) is 0.600. The van der Waals surface area contributed by atoms with Crippen molar-refractivity contribution in [3.63, 3.8) is 0 Å². The van der Waals surface area contributed by atoms with Crippen LogP contribution < -0.4 is 0 Å². The molecule has 0 radical (unpaired) electrons. The van der Waals surface area contributed by atoms with E-state index in [0.717, 1.165) is 7.35 Å². The molecule has 2 aromatic carbocycles. The summed E-state index contributed by atoms with van der Waals surface area (Å²) >= 11 is -5.71. The minimum absolute atomic E-state index is 0.845. The topological polar surface area (TPSA) is 0 Å². The Morgan fingerprint density at radius 2 is 0.786 bits per heavy atom. The van der Waals surface area contributed by atoms with Gasteiger partial charge in [0.15, 0.2) is 0 Å². The van der Waals surface area contributed by atoms with Crippen LogP contribution in [0.4, 0.5) is 0 Å². The van der Waals surface area contributed by atoms with Gasteiger partial charge in [-0.05, 0) is 0 Å². The molecule has 0 aliphatic heterocycles. The number of hydrogen-bond donors (Lipinski definition) is 0. The Balaban J connectivity index is 1.83. The van der Waals surface area contributed by atoms with Crippen LogP contribution in [0.2, 0.25) is 25.1 Å². The summed E-state index contributed by atoms with van der Waals surface area (Å²) in [5.74, 6) is 0. The molecule has 2 aliphatic rings. The average molecular weight is 900 g/mol. The molecule has 0 N–H and O–H groups in total. The van der Waals surface area contributed by atoms with Crippen LogP contribution in [0.15, 0.2) is 59.7 Å². The summed E-state index contributed by atoms with van der Waals surface area (Å²) in [5.41, 5.74) is 10.3. The van der Waals surface area contributed by atoms with Crippen molar-refractivity contribution in [2.24, 2.45) is 0 Å². The Bertz CT molecular complexity index is 1080. The standard InChI is InChI=1S/2C11H11.4C4H9.C2H4.2Hf/c2*1-2-9-7-10-5-3-4-6-11(10)8-9;4*1-3-4-2;1-2;;/h2*3-8H,2H2,1H3;4*1,3-4H2,2H3;1-2H2;;. The molecule has 2 heteroatoms. The number of fused-ring (bicyclic) bond motifs is 2. The SMILES string of the molecule is CCC[CH2][Hf]([CH2]CCC)([CH2][CH2][Hf]([CH2]CCC)([CH2]CCC)[CH]1C(CC)=Cc2ccccc21)[CH]1C(CC)=Cc2ccccc21. The first-order valence-electron chi connectivity index (χ1n) is 18.1. The van der Waals surface area contributed by atoms with Crippen LogP contribution in [-0.2, 0) is 39.9 Å². The normalized spacial score (nSPS) is 18.1. The number of hydrogen-bond acceptors (Lipinski definition) is 0. The van der Waals surface area contributed by atoms with E-state index in [1.54, 1.807) is 47.3 Å². The van der Waals surface area contributed by atoms with Crippen LogP contribution in [0.1, 0.15) is 135 Å². The van der Waals surface area contributed by atoms with Gasteiger partial charge in [-0.1, -0.05) is 0 Å². The molecule has 0 nitrogen and oxygen atoms in total. The van der Waals surface area contributed by atoms with Crippen molar-refractivity contribution in [3.05, 3.63) is 81.9 Å². The Morgan fingerprint density at radius 3 is 1.10 bits per heavy atom. The maximum atomic E-state index is 2.66. The first kappa shape index (κ1) is 34.5. The summed E-state index contributed by atoms with van der Waals surface area (Å²) in [6, 6.07) is 19.3. The molecule has 42 heavy (non-hydrogen) atoms. The predicted octanol–water partition coefficient (Wildman–Crippen LogP) is 14.1. The second kappa shape index (κ2) is 16.8. The van der Waals surface area contributed by atoms with E-state index in [9.17, 15) is 0 Å². The Labute approximate surface area is 269 Å². The predicted molar refractivity (Wildman–Crippen MR) is 183 cm³/mol. The van der Waals surface area contributed by atoms with Crippen LogP contribution >= 0.6 is 0 Å². The van der Waals surface area contributed by atoms with E-state index in [4.69, 9.17) is 0 Å². The van der Waals surface area contributed by atoms with Gasteiger partial charge in [0, 0.05) is 0 Å². The molecule has 0 saturated carbocycles. The summed E-state index contributed by atoms with van der Waals surface area (Å²) in [5, 5.41) is 0. The minimum atomic E-state index is -2.86. The van der Waals surface area contributed by atoms with Gasteiger partial charge in [0.05, 0.1) is 0 Å². The van der Waals surface area contributed by atoms with Gasteiger partial charge >= 0.3 is 272 Å². The van der Waals surface area contributed by atoms with Gasteiger partial charge in [0.25, 0.3) is 0 Å². The van der Waals surface area contributed by atoms with Crippen LogP contribution in [0.3, 0.4) is 0 Å². The molecule has 4 rings (SSSR count). The van der Waals surface area contributed by atoms with Gasteiger partial charge in [-0.15, -0.1) is 0 Å². The second-order valence-corrected chi connectivity index (χ2v) is 48.4. The monoisotopic (exact) mass is 902 g/mol. The van der Waals surface area contributed by atoms with Gasteiger partial charge < -0.3 is 0 Å². The second-order valence-electron chi connectivity index (χ2n) is 13.9. The summed E-state index contributed by atoms with van der Waals surface area (Å²) in [7, 11) is 0. The molecular formula is C40H62Hf2. The van der Waals surface area contributed by atoms with E-state index in [1.165, 1.54) is 64.2 Å². The third kappa shape index (κ3) is 7.54. The quantitative estimate of drug-likeness (QED) is 0.123. The van der Waals surface area contributed by atoms with Crippen molar-refractivity contribution >= 4 is 12.2 Å². The molecule has 0 bridgehead atoms. The van der Waals surface area contributed by atoms with Crippen molar-refractivity contribution in [3.8, 4) is 0 Å². The van der Waals surface area contributed by atoms with E-state index < -0.39 is 39.9 Å². The van der Waals surface area contributed by atoms with Crippen LogP contribution in [-0.4, -0.2) is 0 Å². The average Bonchev–Trinajstić information content (AvgIpc) is 3.61. The first-order chi connectivity index (χ1) is 20.5. The van der Waals surface area contributed by atoms with E-state index in [1.807, 2.05) is 11.1 Å². The molecule has 0 spiro atoms. The summed E-state index contributed by atoms with van der Waals surface area (Å²) in [4.78, 5) is 0. The summed E-state index contributed by atoms with van der Waals surface area (Å²) in [6.07, 6.45) is 19.2. The van der Waals surface area contributed by atoms with E-state index >= 15 is 0 Å². The molecule has 0 saturated heterocycles. The van der Waals surface area contributed by atoms with Crippen molar-refractivity contribution in [2.75, 3.05) is 0 Å². The van der Waals surface area contributed by atoms with Crippen LogP contribution in [0.25, 0.3) is 12.2 Å². The maximum absolute atomic E-state index is 2.86. The number of benzene rings is 2. The van der Waals surface area contributed by atoms with Crippen LogP contribution in [0, 0.1) is 0 Å². The number of rotatable bonds is 19. The zero-order valence-corrected chi connectivity index (χ0v) is 35.4. The molecule has 2 atom stereocenters. The molecular weight excluding hydrogens is 837 g/mol. The van der Waals surface area contributed by atoms with E-state index in [2.05, 4.69) is 102 Å². The zero-order chi connectivity index (χ0) is 30.0. The fourth-order valence-electron chi connectivity index (χ4n) is 9.06. The molecule has 230 valence electrons. The van der Waals surface area contributed by atoms with Gasteiger partial charge in [0.2, 0.25) is 0 Å². The third-order valence-electron chi connectivity index (χ3n) is 11.3. The van der Waals surface area contributed by atoms with E-state index in [-0.39, 0.29) is 0 Å².